The standard InChI is InChI=1S/C15H22N4O/c1-10-8-19(9-11(2)17-10)14-7-12(5-6-16-14)15(20)18-13-3-4-13/h5-7,10-11,13,17H,3-4,8-9H2,1-2H3,(H,18,20)/t10-,11+. The van der Waals surface area contributed by atoms with Crippen LogP contribution in [0.25, 0.3) is 0 Å². The number of carbonyl (C=O) groups excluding carboxylic acids is 1. The number of hydrogen-bond donors (Lipinski definition) is 2. The molecule has 20 heavy (non-hydrogen) atoms. The van der Waals surface area contributed by atoms with Crippen molar-refractivity contribution < 1.29 is 4.79 Å². The lowest BCUT2D eigenvalue weighted by Gasteiger charge is -2.37. The van der Waals surface area contributed by atoms with Crippen molar-refractivity contribution in [3.8, 4) is 0 Å². The summed E-state index contributed by atoms with van der Waals surface area (Å²) >= 11 is 0. The van der Waals surface area contributed by atoms with E-state index >= 15 is 0 Å². The lowest BCUT2D eigenvalue weighted by molar-refractivity contribution is 0.0951. The highest BCUT2D eigenvalue weighted by atomic mass is 16.1. The van der Waals surface area contributed by atoms with Gasteiger partial charge in [0.15, 0.2) is 0 Å². The molecule has 1 aromatic rings. The summed E-state index contributed by atoms with van der Waals surface area (Å²) in [5.74, 6) is 0.918. The SMILES string of the molecule is C[C@@H]1CN(c2cc(C(=O)NC3CC3)ccn2)C[C@H](C)N1. The van der Waals surface area contributed by atoms with E-state index in [0.29, 0.717) is 23.7 Å². The van der Waals surface area contributed by atoms with Crippen LogP contribution in [0, 0.1) is 0 Å². The van der Waals surface area contributed by atoms with Gasteiger partial charge in [-0.1, -0.05) is 0 Å². The molecule has 3 rings (SSSR count). The topological polar surface area (TPSA) is 57.3 Å². The highest BCUT2D eigenvalue weighted by Crippen LogP contribution is 2.20. The Labute approximate surface area is 119 Å². The number of carbonyl (C=O) groups is 1. The first-order valence-electron chi connectivity index (χ1n) is 7.40. The number of nitrogens with one attached hydrogen (secondary N) is 2. The number of anilines is 1. The number of nitrogens with zero attached hydrogens (tertiary/aromatic N) is 2. The zero-order chi connectivity index (χ0) is 14.1. The van der Waals surface area contributed by atoms with E-state index in [1.807, 2.05) is 6.07 Å². The molecule has 0 radical (unpaired) electrons. The Morgan fingerprint density at radius 3 is 2.70 bits per heavy atom. The van der Waals surface area contributed by atoms with E-state index in [0.717, 1.165) is 31.7 Å². The highest BCUT2D eigenvalue weighted by molar-refractivity contribution is 5.95. The van der Waals surface area contributed by atoms with Crippen LogP contribution < -0.4 is 15.5 Å². The van der Waals surface area contributed by atoms with E-state index < -0.39 is 0 Å². The van der Waals surface area contributed by atoms with Crippen LogP contribution in [0.2, 0.25) is 0 Å². The third-order valence-corrected chi connectivity index (χ3v) is 3.80. The minimum Gasteiger partial charge on any atom is -0.353 e. The van der Waals surface area contributed by atoms with Crippen LogP contribution in [-0.4, -0.2) is 42.1 Å². The van der Waals surface area contributed by atoms with Crippen molar-refractivity contribution in [1.82, 2.24) is 15.6 Å². The number of pyridine rings is 1. The fourth-order valence-electron chi connectivity index (χ4n) is 2.74. The Balaban J connectivity index is 1.74. The van der Waals surface area contributed by atoms with Gasteiger partial charge in [0.05, 0.1) is 0 Å². The van der Waals surface area contributed by atoms with Crippen molar-refractivity contribution in [3.63, 3.8) is 0 Å². The van der Waals surface area contributed by atoms with Crippen molar-refractivity contribution in [3.05, 3.63) is 23.9 Å². The molecule has 1 saturated heterocycles. The minimum atomic E-state index is 0.0207. The zero-order valence-corrected chi connectivity index (χ0v) is 12.1. The Morgan fingerprint density at radius 1 is 1.35 bits per heavy atom. The average molecular weight is 274 g/mol. The van der Waals surface area contributed by atoms with Gasteiger partial charge in [0.1, 0.15) is 5.82 Å². The molecule has 2 fully saturated rings. The molecule has 108 valence electrons. The Kier molecular flexibility index (Phi) is 3.61. The number of hydrogen-bond acceptors (Lipinski definition) is 4. The maximum absolute atomic E-state index is 12.1. The van der Waals surface area contributed by atoms with Crippen LogP contribution in [0.1, 0.15) is 37.0 Å². The van der Waals surface area contributed by atoms with Crippen LogP contribution in [0.4, 0.5) is 5.82 Å². The molecule has 0 unspecified atom stereocenters. The molecular weight excluding hydrogens is 252 g/mol. The fourth-order valence-corrected chi connectivity index (χ4v) is 2.74. The number of amides is 1. The number of aromatic nitrogens is 1. The molecule has 2 aliphatic rings. The van der Waals surface area contributed by atoms with Crippen LogP contribution >= 0.6 is 0 Å². The van der Waals surface area contributed by atoms with E-state index in [4.69, 9.17) is 0 Å². The normalized spacial score (nSPS) is 26.4. The summed E-state index contributed by atoms with van der Waals surface area (Å²) in [5.41, 5.74) is 0.709. The number of rotatable bonds is 3. The molecular formula is C15H22N4O. The van der Waals surface area contributed by atoms with Gasteiger partial charge in [-0.3, -0.25) is 4.79 Å². The molecule has 0 aromatic carbocycles. The van der Waals surface area contributed by atoms with E-state index in [1.165, 1.54) is 0 Å². The second-order valence-corrected chi connectivity index (χ2v) is 6.02. The predicted molar refractivity (Wildman–Crippen MR) is 79.0 cm³/mol. The monoisotopic (exact) mass is 274 g/mol. The van der Waals surface area contributed by atoms with E-state index in [2.05, 4.69) is 34.4 Å². The van der Waals surface area contributed by atoms with Gasteiger partial charge in [0.25, 0.3) is 5.91 Å². The zero-order valence-electron chi connectivity index (χ0n) is 12.1. The third kappa shape index (κ3) is 3.10. The highest BCUT2D eigenvalue weighted by Gasteiger charge is 2.25. The van der Waals surface area contributed by atoms with Gasteiger partial charge in [0, 0.05) is 43.0 Å². The molecule has 2 atom stereocenters. The Morgan fingerprint density at radius 2 is 2.05 bits per heavy atom. The summed E-state index contributed by atoms with van der Waals surface area (Å²) in [6, 6.07) is 4.95. The Hall–Kier alpha value is -1.62. The maximum atomic E-state index is 12.1. The summed E-state index contributed by atoms with van der Waals surface area (Å²) in [6.45, 7) is 6.19. The summed E-state index contributed by atoms with van der Waals surface area (Å²) < 4.78 is 0. The van der Waals surface area contributed by atoms with E-state index in [-0.39, 0.29) is 5.91 Å². The number of piperazine rings is 1. The molecule has 2 N–H and O–H groups in total. The van der Waals surface area contributed by atoms with Gasteiger partial charge < -0.3 is 15.5 Å². The van der Waals surface area contributed by atoms with Crippen LogP contribution in [-0.2, 0) is 0 Å². The van der Waals surface area contributed by atoms with Crippen molar-refractivity contribution in [1.29, 1.82) is 0 Å². The molecule has 1 aliphatic carbocycles. The summed E-state index contributed by atoms with van der Waals surface area (Å²) in [6.07, 6.45) is 3.95. The van der Waals surface area contributed by atoms with Gasteiger partial charge in [-0.15, -0.1) is 0 Å². The van der Waals surface area contributed by atoms with Crippen LogP contribution in [0.3, 0.4) is 0 Å². The molecule has 1 amide bonds. The third-order valence-electron chi connectivity index (χ3n) is 3.80. The maximum Gasteiger partial charge on any atom is 0.251 e. The quantitative estimate of drug-likeness (QED) is 0.868. The molecule has 5 nitrogen and oxygen atoms in total. The van der Waals surface area contributed by atoms with Crippen LogP contribution in [0.15, 0.2) is 18.3 Å². The average Bonchev–Trinajstić information content (AvgIpc) is 3.22. The van der Waals surface area contributed by atoms with Gasteiger partial charge in [0.2, 0.25) is 0 Å². The van der Waals surface area contributed by atoms with Gasteiger partial charge in [-0.25, -0.2) is 4.98 Å². The molecule has 1 saturated carbocycles. The first-order valence-corrected chi connectivity index (χ1v) is 7.40. The van der Waals surface area contributed by atoms with Crippen LogP contribution in [0.5, 0.6) is 0 Å². The van der Waals surface area contributed by atoms with E-state index in [1.54, 1.807) is 12.3 Å². The van der Waals surface area contributed by atoms with Crippen molar-refractivity contribution in [2.75, 3.05) is 18.0 Å². The van der Waals surface area contributed by atoms with Crippen molar-refractivity contribution >= 4 is 11.7 Å². The Bertz CT molecular complexity index is 490. The smallest absolute Gasteiger partial charge is 0.251 e. The second-order valence-electron chi connectivity index (χ2n) is 6.02. The van der Waals surface area contributed by atoms with Gasteiger partial charge in [-0.2, -0.15) is 0 Å². The lowest BCUT2D eigenvalue weighted by Crippen LogP contribution is -2.54. The van der Waals surface area contributed by atoms with Gasteiger partial charge in [-0.05, 0) is 38.8 Å². The predicted octanol–water partition coefficient (Wildman–Crippen LogP) is 1.16. The fraction of sp³-hybridized carbons (Fsp3) is 0.600. The molecule has 5 heteroatoms. The molecule has 2 heterocycles. The molecule has 0 spiro atoms. The van der Waals surface area contributed by atoms with Crippen molar-refractivity contribution in [2.45, 2.75) is 44.8 Å². The summed E-state index contributed by atoms with van der Waals surface area (Å²) in [7, 11) is 0. The lowest BCUT2D eigenvalue weighted by atomic mass is 10.1. The first-order chi connectivity index (χ1) is 9.61. The summed E-state index contributed by atoms with van der Waals surface area (Å²) in [5, 5.41) is 6.52. The van der Waals surface area contributed by atoms with Crippen molar-refractivity contribution in [2.24, 2.45) is 0 Å². The minimum absolute atomic E-state index is 0.0207. The molecule has 1 aromatic heterocycles. The first kappa shape index (κ1) is 13.4. The molecule has 0 bridgehead atoms. The van der Waals surface area contributed by atoms with Gasteiger partial charge >= 0.3 is 0 Å². The largest absolute Gasteiger partial charge is 0.353 e. The molecule has 1 aliphatic heterocycles. The summed E-state index contributed by atoms with van der Waals surface area (Å²) in [4.78, 5) is 18.8. The second kappa shape index (κ2) is 5.40. The van der Waals surface area contributed by atoms with E-state index in [9.17, 15) is 4.79 Å².